The van der Waals surface area contributed by atoms with Gasteiger partial charge in [0.2, 0.25) is 0 Å². The number of ether oxygens (including phenoxy) is 2. The Bertz CT molecular complexity index is 824. The predicted octanol–water partition coefficient (Wildman–Crippen LogP) is 7.27. The molecule has 0 bridgehead atoms. The lowest BCUT2D eigenvalue weighted by molar-refractivity contribution is -0.298. The van der Waals surface area contributed by atoms with Gasteiger partial charge < -0.3 is 19.0 Å². The summed E-state index contributed by atoms with van der Waals surface area (Å²) in [7, 11) is -1.94. The number of fused-ring (bicyclic) bond motifs is 1. The highest BCUT2D eigenvalue weighted by molar-refractivity contribution is 9.11. The second kappa shape index (κ2) is 10.9. The first-order valence-electron chi connectivity index (χ1n) is 13.6. The van der Waals surface area contributed by atoms with E-state index in [1.807, 2.05) is 0 Å². The van der Waals surface area contributed by atoms with E-state index in [4.69, 9.17) is 13.9 Å². The third kappa shape index (κ3) is 6.83. The topological polar surface area (TPSA) is 47.9 Å². The monoisotopic (exact) mass is 568 g/mol. The zero-order valence-electron chi connectivity index (χ0n) is 23.5. The average Bonchev–Trinajstić information content (AvgIpc) is 3.24. The van der Waals surface area contributed by atoms with Gasteiger partial charge in [-0.1, -0.05) is 70.5 Å². The molecule has 0 amide bonds. The van der Waals surface area contributed by atoms with Crippen molar-refractivity contribution in [3.05, 3.63) is 10.6 Å². The summed E-state index contributed by atoms with van der Waals surface area (Å²) in [6, 6.07) is 0. The van der Waals surface area contributed by atoms with Crippen molar-refractivity contribution in [1.82, 2.24) is 0 Å². The predicted molar refractivity (Wildman–Crippen MR) is 150 cm³/mol. The first-order valence-corrected chi connectivity index (χ1v) is 17.3. The third-order valence-corrected chi connectivity index (χ3v) is 14.0. The van der Waals surface area contributed by atoms with Gasteiger partial charge in [0.25, 0.3) is 0 Å². The Kier molecular flexibility index (Phi) is 9.16. The van der Waals surface area contributed by atoms with E-state index in [0.29, 0.717) is 18.3 Å². The Balaban J connectivity index is 1.83. The zero-order chi connectivity index (χ0) is 26.2. The molecular formula is C29H49BrO4Si. The van der Waals surface area contributed by atoms with Crippen LogP contribution in [0, 0.1) is 40.9 Å². The van der Waals surface area contributed by atoms with Crippen molar-refractivity contribution in [2.45, 2.75) is 117 Å². The van der Waals surface area contributed by atoms with Gasteiger partial charge in [-0.2, -0.15) is 0 Å². The summed E-state index contributed by atoms with van der Waals surface area (Å²) < 4.78 is 20.7. The number of rotatable bonds is 6. The van der Waals surface area contributed by atoms with E-state index in [-0.39, 0.29) is 28.4 Å². The van der Waals surface area contributed by atoms with E-state index < -0.39 is 20.2 Å². The van der Waals surface area contributed by atoms with Crippen molar-refractivity contribution >= 4 is 24.2 Å². The highest BCUT2D eigenvalue weighted by atomic mass is 79.9. The normalized spacial score (nSPS) is 32.1. The summed E-state index contributed by atoms with van der Waals surface area (Å²) in [4.78, 5) is 0. The Morgan fingerprint density at radius 2 is 1.83 bits per heavy atom. The van der Waals surface area contributed by atoms with Gasteiger partial charge in [-0.15, -0.1) is 11.8 Å². The fourth-order valence-electron chi connectivity index (χ4n) is 5.51. The molecule has 2 saturated carbocycles. The summed E-state index contributed by atoms with van der Waals surface area (Å²) in [5.41, 5.74) is 0.0696. The van der Waals surface area contributed by atoms with Crippen molar-refractivity contribution in [2.24, 2.45) is 29.1 Å². The van der Waals surface area contributed by atoms with Gasteiger partial charge in [-0.25, -0.2) is 0 Å². The maximum Gasteiger partial charge on any atom is 0.192 e. The second-order valence-electron chi connectivity index (χ2n) is 13.6. The molecule has 0 aromatic carbocycles. The maximum absolute atomic E-state index is 11.1. The summed E-state index contributed by atoms with van der Waals surface area (Å²) in [6.07, 6.45) is 6.29. The van der Waals surface area contributed by atoms with Gasteiger partial charge in [-0.05, 0) is 42.3 Å². The average molecular weight is 570 g/mol. The van der Waals surface area contributed by atoms with Gasteiger partial charge in [0.15, 0.2) is 14.1 Å². The maximum atomic E-state index is 11.1. The van der Waals surface area contributed by atoms with Gasteiger partial charge >= 0.3 is 0 Å². The van der Waals surface area contributed by atoms with E-state index in [9.17, 15) is 5.11 Å². The smallest absolute Gasteiger partial charge is 0.192 e. The summed E-state index contributed by atoms with van der Waals surface area (Å²) >= 11 is 3.77. The van der Waals surface area contributed by atoms with Crippen LogP contribution in [0.25, 0.3) is 0 Å². The van der Waals surface area contributed by atoms with Crippen molar-refractivity contribution in [2.75, 3.05) is 13.2 Å². The SMILES string of the molecule is CCC#CC[C@H](C)[C@H](O)/C(Br)=C/[C@H]1[C@H]2CC3(C[C@H]2C[C@H]1O[Si](C)(C)C(C)(C)C)OCC(C)(C)CO3. The minimum absolute atomic E-state index is 0.0683. The van der Waals surface area contributed by atoms with Crippen LogP contribution in [0.5, 0.6) is 0 Å². The van der Waals surface area contributed by atoms with Crippen LogP contribution in [0.1, 0.15) is 80.6 Å². The number of aliphatic hydroxyl groups is 1. The third-order valence-electron chi connectivity index (χ3n) is 8.79. The Labute approximate surface area is 224 Å². The van der Waals surface area contributed by atoms with Crippen LogP contribution in [-0.2, 0) is 13.9 Å². The summed E-state index contributed by atoms with van der Waals surface area (Å²) in [5, 5.41) is 11.2. The minimum atomic E-state index is -1.94. The van der Waals surface area contributed by atoms with Crippen molar-refractivity contribution < 1.29 is 19.0 Å². The molecule has 3 fully saturated rings. The van der Waals surface area contributed by atoms with Gasteiger partial charge in [0.05, 0.1) is 25.4 Å². The molecule has 1 spiro atoms. The number of aliphatic hydroxyl groups excluding tert-OH is 1. The number of hydrogen-bond acceptors (Lipinski definition) is 4. The molecule has 0 unspecified atom stereocenters. The molecule has 0 aromatic heterocycles. The van der Waals surface area contributed by atoms with Crippen molar-refractivity contribution in [1.29, 1.82) is 0 Å². The molecule has 6 heteroatoms. The first-order chi connectivity index (χ1) is 16.1. The first kappa shape index (κ1) is 29.4. The van der Waals surface area contributed by atoms with E-state index in [0.717, 1.165) is 43.4 Å². The van der Waals surface area contributed by atoms with Gasteiger partial charge in [0, 0.05) is 41.5 Å². The van der Waals surface area contributed by atoms with Crippen LogP contribution in [0.2, 0.25) is 18.1 Å². The molecular weight excluding hydrogens is 520 g/mol. The van der Waals surface area contributed by atoms with Crippen molar-refractivity contribution in [3.63, 3.8) is 0 Å². The largest absolute Gasteiger partial charge is 0.413 e. The van der Waals surface area contributed by atoms with Gasteiger partial charge in [0.1, 0.15) is 0 Å². The summed E-state index contributed by atoms with van der Waals surface area (Å²) in [6.45, 7) is 21.6. The Morgan fingerprint density at radius 1 is 1.20 bits per heavy atom. The fourth-order valence-corrected chi connectivity index (χ4v) is 7.63. The van der Waals surface area contributed by atoms with E-state index in [1.165, 1.54) is 0 Å². The van der Waals surface area contributed by atoms with E-state index in [2.05, 4.69) is 95.4 Å². The molecule has 1 N–H and O–H groups in total. The second-order valence-corrected chi connectivity index (χ2v) is 19.3. The van der Waals surface area contributed by atoms with Crippen LogP contribution in [-0.4, -0.2) is 44.6 Å². The fraction of sp³-hybridized carbons (Fsp3) is 0.862. The van der Waals surface area contributed by atoms with E-state index >= 15 is 0 Å². The standard InChI is InChI=1S/C29H49BrO4Si/c1-10-11-12-13-20(2)26(31)24(30)15-22-23-17-29(32-18-28(6,7)19-33-29)16-21(23)14-25(22)34-35(8,9)27(3,4)5/h15,20-23,25-26,31H,10,13-14,16-19H2,1-9H3/b24-15-/t20-,21+,22-,23-,25+,26-/m0/s1. The number of hydrogen-bond donors (Lipinski definition) is 1. The lowest BCUT2D eigenvalue weighted by Crippen LogP contribution is -2.47. The number of halogens is 1. The van der Waals surface area contributed by atoms with Crippen LogP contribution >= 0.6 is 15.9 Å². The molecule has 3 aliphatic rings. The lowest BCUT2D eigenvalue weighted by atomic mass is 9.89. The van der Waals surface area contributed by atoms with Gasteiger partial charge in [-0.3, -0.25) is 0 Å². The van der Waals surface area contributed by atoms with Crippen LogP contribution in [0.4, 0.5) is 0 Å². The van der Waals surface area contributed by atoms with Crippen LogP contribution < -0.4 is 0 Å². The Morgan fingerprint density at radius 3 is 2.40 bits per heavy atom. The quantitative estimate of drug-likeness (QED) is 0.270. The summed E-state index contributed by atoms with van der Waals surface area (Å²) in [5.74, 6) is 7.11. The van der Waals surface area contributed by atoms with E-state index in [1.54, 1.807) is 0 Å². The highest BCUT2D eigenvalue weighted by Gasteiger charge is 2.58. The molecule has 1 aliphatic heterocycles. The molecule has 2 aliphatic carbocycles. The molecule has 200 valence electrons. The molecule has 1 saturated heterocycles. The molecule has 3 rings (SSSR count). The zero-order valence-corrected chi connectivity index (χ0v) is 26.1. The molecule has 1 heterocycles. The van der Waals surface area contributed by atoms with Crippen molar-refractivity contribution in [3.8, 4) is 11.8 Å². The van der Waals surface area contributed by atoms with Crippen LogP contribution in [0.3, 0.4) is 0 Å². The molecule has 6 atom stereocenters. The highest BCUT2D eigenvalue weighted by Crippen LogP contribution is 2.57. The molecule has 0 radical (unpaired) electrons. The molecule has 35 heavy (non-hydrogen) atoms. The molecule has 0 aromatic rings. The Hall–Kier alpha value is -0.163. The lowest BCUT2D eigenvalue weighted by Gasteiger charge is -2.43. The molecule has 4 nitrogen and oxygen atoms in total. The van der Waals surface area contributed by atoms with Crippen LogP contribution in [0.15, 0.2) is 10.6 Å². The minimum Gasteiger partial charge on any atom is -0.413 e.